The number of fused-ring (bicyclic) bond motifs is 1. The van der Waals surface area contributed by atoms with Crippen LogP contribution in [0.5, 0.6) is 5.75 Å². The van der Waals surface area contributed by atoms with Gasteiger partial charge in [-0.05, 0) is 29.8 Å². The third kappa shape index (κ3) is 8.82. The van der Waals surface area contributed by atoms with Crippen molar-refractivity contribution in [1.29, 1.82) is 0 Å². The molecule has 0 saturated carbocycles. The summed E-state index contributed by atoms with van der Waals surface area (Å²) in [5, 5.41) is 8.96. The Morgan fingerprint density at radius 3 is 2.58 bits per heavy atom. The molecule has 1 aliphatic heterocycles. The minimum absolute atomic E-state index is 0. The number of rotatable bonds is 9. The second-order valence-electron chi connectivity index (χ2n) is 7.39. The molecule has 2 aromatic carbocycles. The van der Waals surface area contributed by atoms with Crippen molar-refractivity contribution in [2.24, 2.45) is 4.99 Å². The lowest BCUT2D eigenvalue weighted by molar-refractivity contribution is 0.299. The highest BCUT2D eigenvalue weighted by Gasteiger charge is 2.20. The fraction of sp³-hybridized carbons (Fsp3) is 0.500. The number of halogens is 1. The van der Waals surface area contributed by atoms with E-state index in [1.54, 1.807) is 0 Å². The number of hydrogen-bond donors (Lipinski definition) is 2. The summed E-state index contributed by atoms with van der Waals surface area (Å²) >= 11 is 0. The zero-order valence-corrected chi connectivity index (χ0v) is 21.2. The van der Waals surface area contributed by atoms with Crippen molar-refractivity contribution in [3.05, 3.63) is 42.5 Å². The van der Waals surface area contributed by atoms with Crippen LogP contribution in [0.25, 0.3) is 10.8 Å². The van der Waals surface area contributed by atoms with Gasteiger partial charge in [0.2, 0.25) is 0 Å². The molecule has 1 saturated heterocycles. The molecule has 0 radical (unpaired) electrons. The second kappa shape index (κ2) is 13.1. The topological polar surface area (TPSA) is 83.0 Å². The summed E-state index contributed by atoms with van der Waals surface area (Å²) in [5.74, 6) is 2.19. The van der Waals surface area contributed by atoms with Crippen molar-refractivity contribution in [2.45, 2.75) is 13.3 Å². The van der Waals surface area contributed by atoms with Crippen LogP contribution in [-0.4, -0.2) is 76.7 Å². The van der Waals surface area contributed by atoms with E-state index in [1.165, 1.54) is 10.8 Å². The van der Waals surface area contributed by atoms with Gasteiger partial charge in [-0.15, -0.1) is 24.0 Å². The lowest BCUT2D eigenvalue weighted by Gasteiger charge is -2.26. The molecule has 2 N–H and O–H groups in total. The highest BCUT2D eigenvalue weighted by Crippen LogP contribution is 2.20. The van der Waals surface area contributed by atoms with E-state index in [9.17, 15) is 8.42 Å². The molecule has 31 heavy (non-hydrogen) atoms. The summed E-state index contributed by atoms with van der Waals surface area (Å²) in [7, 11) is -2.82. The lowest BCUT2D eigenvalue weighted by Crippen LogP contribution is -2.46. The van der Waals surface area contributed by atoms with E-state index in [1.807, 2.05) is 25.1 Å². The third-order valence-electron chi connectivity index (χ3n) is 5.06. The van der Waals surface area contributed by atoms with Crippen LogP contribution in [0.15, 0.2) is 47.5 Å². The van der Waals surface area contributed by atoms with Crippen LogP contribution < -0.4 is 15.4 Å². The van der Waals surface area contributed by atoms with E-state index >= 15 is 0 Å². The molecule has 172 valence electrons. The Bertz CT molecular complexity index is 939. The van der Waals surface area contributed by atoms with Gasteiger partial charge in [0.05, 0.1) is 18.1 Å². The standard InChI is InChI=1S/C22H32N4O3S.HI/c1-2-23-22(25-11-12-26-13-16-30(27,28)17-14-26)24-10-5-15-29-21-9-8-19-6-3-4-7-20(19)18-21;/h3-4,6-9,18H,2,5,10-17H2,1H3,(H2,23,24,25);1H. The quantitative estimate of drug-likeness (QED) is 0.212. The van der Waals surface area contributed by atoms with E-state index in [4.69, 9.17) is 4.74 Å². The van der Waals surface area contributed by atoms with Gasteiger partial charge in [0, 0.05) is 45.7 Å². The lowest BCUT2D eigenvalue weighted by atomic mass is 10.1. The van der Waals surface area contributed by atoms with E-state index in [-0.39, 0.29) is 35.5 Å². The fourth-order valence-electron chi connectivity index (χ4n) is 3.35. The van der Waals surface area contributed by atoms with Gasteiger partial charge in [0.15, 0.2) is 15.8 Å². The first kappa shape index (κ1) is 25.7. The molecule has 0 spiro atoms. The largest absolute Gasteiger partial charge is 0.494 e. The molecule has 0 aromatic heterocycles. The fourth-order valence-corrected chi connectivity index (χ4v) is 4.63. The smallest absolute Gasteiger partial charge is 0.191 e. The Morgan fingerprint density at radius 2 is 1.84 bits per heavy atom. The average Bonchev–Trinajstić information content (AvgIpc) is 2.74. The zero-order valence-electron chi connectivity index (χ0n) is 18.0. The molecular formula is C22H33IN4O3S. The Kier molecular flexibility index (Phi) is 10.8. The maximum atomic E-state index is 11.5. The van der Waals surface area contributed by atoms with Crippen LogP contribution in [0.3, 0.4) is 0 Å². The molecule has 0 unspecified atom stereocenters. The summed E-state index contributed by atoms with van der Waals surface area (Å²) in [6, 6.07) is 14.4. The molecule has 2 aromatic rings. The van der Waals surface area contributed by atoms with Gasteiger partial charge in [0.1, 0.15) is 5.75 Å². The number of nitrogens with one attached hydrogen (secondary N) is 2. The Morgan fingerprint density at radius 1 is 1.10 bits per heavy atom. The zero-order chi connectivity index (χ0) is 21.2. The predicted molar refractivity (Wildman–Crippen MR) is 139 cm³/mol. The van der Waals surface area contributed by atoms with Gasteiger partial charge in [-0.3, -0.25) is 9.89 Å². The van der Waals surface area contributed by atoms with Crippen LogP contribution >= 0.6 is 24.0 Å². The van der Waals surface area contributed by atoms with Crippen molar-refractivity contribution in [1.82, 2.24) is 15.5 Å². The Hall–Kier alpha value is -1.59. The first-order chi connectivity index (χ1) is 14.6. The SMILES string of the molecule is CCNC(=NCCCOc1ccc2ccccc2c1)NCCN1CCS(=O)(=O)CC1.I. The number of benzene rings is 2. The van der Waals surface area contributed by atoms with Crippen molar-refractivity contribution < 1.29 is 13.2 Å². The molecule has 0 amide bonds. The van der Waals surface area contributed by atoms with E-state index in [2.05, 4.69) is 44.8 Å². The molecule has 1 aliphatic rings. The summed E-state index contributed by atoms with van der Waals surface area (Å²) in [6.45, 7) is 6.89. The van der Waals surface area contributed by atoms with Crippen LogP contribution in [0, 0.1) is 0 Å². The molecule has 1 fully saturated rings. The second-order valence-corrected chi connectivity index (χ2v) is 9.70. The molecule has 9 heteroatoms. The monoisotopic (exact) mass is 560 g/mol. The highest BCUT2D eigenvalue weighted by atomic mass is 127. The van der Waals surface area contributed by atoms with E-state index in [0.717, 1.165) is 37.8 Å². The van der Waals surface area contributed by atoms with Crippen LogP contribution in [0.2, 0.25) is 0 Å². The molecule has 3 rings (SSSR count). The number of nitrogens with zero attached hydrogens (tertiary/aromatic N) is 2. The van der Waals surface area contributed by atoms with Crippen molar-refractivity contribution in [3.8, 4) is 5.75 Å². The Labute approximate surface area is 202 Å². The third-order valence-corrected chi connectivity index (χ3v) is 6.67. The number of ether oxygens (including phenoxy) is 1. The molecule has 0 aliphatic carbocycles. The molecule has 1 heterocycles. The van der Waals surface area contributed by atoms with E-state index in [0.29, 0.717) is 26.2 Å². The number of hydrogen-bond acceptors (Lipinski definition) is 5. The highest BCUT2D eigenvalue weighted by molar-refractivity contribution is 14.0. The van der Waals surface area contributed by atoms with Crippen LogP contribution in [0.4, 0.5) is 0 Å². The molecular weight excluding hydrogens is 527 g/mol. The van der Waals surface area contributed by atoms with Crippen molar-refractivity contribution >= 4 is 50.5 Å². The first-order valence-electron chi connectivity index (χ1n) is 10.6. The van der Waals surface area contributed by atoms with Gasteiger partial charge in [-0.1, -0.05) is 30.3 Å². The van der Waals surface area contributed by atoms with Crippen LogP contribution in [-0.2, 0) is 9.84 Å². The first-order valence-corrected chi connectivity index (χ1v) is 12.4. The van der Waals surface area contributed by atoms with Gasteiger partial charge in [0.25, 0.3) is 0 Å². The number of aliphatic imine (C=N–C) groups is 1. The summed E-state index contributed by atoms with van der Waals surface area (Å²) in [6.07, 6.45) is 0.827. The summed E-state index contributed by atoms with van der Waals surface area (Å²) in [4.78, 5) is 6.78. The van der Waals surface area contributed by atoms with Gasteiger partial charge >= 0.3 is 0 Å². The summed E-state index contributed by atoms with van der Waals surface area (Å²) < 4.78 is 28.9. The number of sulfone groups is 1. The predicted octanol–water partition coefficient (Wildman–Crippen LogP) is 2.51. The van der Waals surface area contributed by atoms with Gasteiger partial charge < -0.3 is 15.4 Å². The maximum absolute atomic E-state index is 11.5. The molecule has 0 bridgehead atoms. The molecule has 7 nitrogen and oxygen atoms in total. The average molecular weight is 561 g/mol. The van der Waals surface area contributed by atoms with Crippen LogP contribution in [0.1, 0.15) is 13.3 Å². The van der Waals surface area contributed by atoms with Crippen molar-refractivity contribution in [2.75, 3.05) is 57.4 Å². The minimum Gasteiger partial charge on any atom is -0.494 e. The van der Waals surface area contributed by atoms with Gasteiger partial charge in [-0.2, -0.15) is 0 Å². The molecule has 0 atom stereocenters. The summed E-state index contributed by atoms with van der Waals surface area (Å²) in [5.41, 5.74) is 0. The van der Waals surface area contributed by atoms with E-state index < -0.39 is 9.84 Å². The maximum Gasteiger partial charge on any atom is 0.191 e. The number of guanidine groups is 1. The van der Waals surface area contributed by atoms with Gasteiger partial charge in [-0.25, -0.2) is 8.42 Å². The Balaban J connectivity index is 0.00000341. The normalized spacial score (nSPS) is 16.5. The minimum atomic E-state index is -2.82. The van der Waals surface area contributed by atoms with Crippen molar-refractivity contribution in [3.63, 3.8) is 0 Å².